The topological polar surface area (TPSA) is 31.6 Å². The molecule has 7 rings (SSSR count). The van der Waals surface area contributed by atoms with Gasteiger partial charge in [-0.2, -0.15) is 8.78 Å². The second-order valence-electron chi connectivity index (χ2n) is 11.5. The number of ether oxygens (including phenoxy) is 2. The maximum Gasteiger partial charge on any atom is 0.201 e. The Morgan fingerprint density at radius 2 is 1.26 bits per heavy atom. The largest absolute Gasteiger partial charge is 0.487 e. The molecular weight excluding hydrogens is 570 g/mol. The van der Waals surface area contributed by atoms with E-state index in [1.54, 1.807) is 38.1 Å². The molecule has 222 valence electrons. The highest BCUT2D eigenvalue weighted by Gasteiger charge is 2.31. The van der Waals surface area contributed by atoms with Crippen LogP contribution < -0.4 is 9.47 Å². The third kappa shape index (κ3) is 4.43. The van der Waals surface area contributed by atoms with Gasteiger partial charge in [0.25, 0.3) is 0 Å². The van der Waals surface area contributed by atoms with Gasteiger partial charge in [0.1, 0.15) is 0 Å². The highest BCUT2D eigenvalue weighted by molar-refractivity contribution is 6.05. The van der Waals surface area contributed by atoms with E-state index in [-0.39, 0.29) is 46.3 Å². The summed E-state index contributed by atoms with van der Waals surface area (Å²) in [7, 11) is 0. The van der Waals surface area contributed by atoms with Crippen molar-refractivity contribution in [2.75, 3.05) is 0 Å². The summed E-state index contributed by atoms with van der Waals surface area (Å²) in [5.41, 5.74) is 0.640. The van der Waals surface area contributed by atoms with Crippen molar-refractivity contribution in [1.29, 1.82) is 0 Å². The van der Waals surface area contributed by atoms with Gasteiger partial charge in [-0.1, -0.05) is 18.2 Å². The van der Waals surface area contributed by atoms with Crippen LogP contribution in [-0.2, 0) is 19.3 Å². The molecule has 1 aromatic heterocycles. The normalized spacial score (nSPS) is 18.0. The minimum absolute atomic E-state index is 0.00363. The number of fused-ring (bicyclic) bond motifs is 5. The lowest BCUT2D eigenvalue weighted by Crippen LogP contribution is -2.25. The summed E-state index contributed by atoms with van der Waals surface area (Å²) in [6, 6.07) is 9.20. The first-order chi connectivity index (χ1) is 20.6. The summed E-state index contributed by atoms with van der Waals surface area (Å²) in [6.07, 6.45) is 1.39. The van der Waals surface area contributed by atoms with Gasteiger partial charge in [0, 0.05) is 21.9 Å². The van der Waals surface area contributed by atoms with Crippen LogP contribution in [0.25, 0.3) is 33.1 Å². The fourth-order valence-corrected chi connectivity index (χ4v) is 6.19. The fraction of sp³-hybridized carbons (Fsp3) is 0.294. The molecule has 0 radical (unpaired) electrons. The van der Waals surface area contributed by atoms with Crippen molar-refractivity contribution in [3.63, 3.8) is 0 Å². The molecule has 0 saturated heterocycles. The van der Waals surface area contributed by atoms with Gasteiger partial charge in [-0.3, -0.25) is 0 Å². The third-order valence-corrected chi connectivity index (χ3v) is 8.62. The highest BCUT2D eigenvalue weighted by Crippen LogP contribution is 2.42. The standard InChI is InChI=1S/C34H26F6O3/c1-15-3-11-21-22-12-8-17(26(36)34(22)43-33(21)25(15)35)6-9-20-10-7-19-14-24(28(38)30(40)32(19)42-20)23-13-18-5-4-16(2)41-31(18)29(39)27(23)37/h3,8,11-14,16,20H,4-7,9-10H2,1-2H3. The van der Waals surface area contributed by atoms with E-state index < -0.39 is 41.0 Å². The predicted molar refractivity (Wildman–Crippen MR) is 150 cm³/mol. The second kappa shape index (κ2) is 10.2. The molecule has 3 heterocycles. The van der Waals surface area contributed by atoms with E-state index in [4.69, 9.17) is 13.9 Å². The molecule has 0 amide bonds. The monoisotopic (exact) mass is 596 g/mol. The number of furan rings is 1. The van der Waals surface area contributed by atoms with Crippen molar-refractivity contribution in [1.82, 2.24) is 0 Å². The molecule has 5 aromatic rings. The maximum absolute atomic E-state index is 15.4. The fourth-order valence-electron chi connectivity index (χ4n) is 6.19. The Bertz CT molecular complexity index is 1950. The first-order valence-electron chi connectivity index (χ1n) is 14.3. The summed E-state index contributed by atoms with van der Waals surface area (Å²) in [5, 5.41) is 0.942. The van der Waals surface area contributed by atoms with E-state index in [2.05, 4.69) is 0 Å². The summed E-state index contributed by atoms with van der Waals surface area (Å²) in [5.74, 6) is -6.77. The van der Waals surface area contributed by atoms with Crippen LogP contribution in [0.4, 0.5) is 26.3 Å². The molecule has 2 aliphatic rings. The van der Waals surface area contributed by atoms with Gasteiger partial charge in [0.05, 0.1) is 12.2 Å². The highest BCUT2D eigenvalue weighted by atomic mass is 19.2. The van der Waals surface area contributed by atoms with Gasteiger partial charge in [0.2, 0.25) is 11.6 Å². The van der Waals surface area contributed by atoms with Gasteiger partial charge in [-0.15, -0.1) is 0 Å². The molecule has 0 saturated carbocycles. The average molecular weight is 597 g/mol. The molecule has 2 atom stereocenters. The maximum atomic E-state index is 15.4. The Balaban J connectivity index is 1.14. The molecule has 0 bridgehead atoms. The third-order valence-electron chi connectivity index (χ3n) is 8.62. The smallest absolute Gasteiger partial charge is 0.201 e. The minimum Gasteiger partial charge on any atom is -0.487 e. The first kappa shape index (κ1) is 27.7. The summed E-state index contributed by atoms with van der Waals surface area (Å²) in [6.45, 7) is 3.35. The molecular formula is C34H26F6O3. The van der Waals surface area contributed by atoms with Crippen LogP contribution in [0.2, 0.25) is 0 Å². The van der Waals surface area contributed by atoms with Gasteiger partial charge in [0.15, 0.2) is 45.9 Å². The lowest BCUT2D eigenvalue weighted by Gasteiger charge is -2.28. The molecule has 43 heavy (non-hydrogen) atoms. The molecule has 2 aliphatic heterocycles. The van der Waals surface area contributed by atoms with E-state index in [9.17, 15) is 8.78 Å². The van der Waals surface area contributed by atoms with Crippen LogP contribution in [0.3, 0.4) is 0 Å². The lowest BCUT2D eigenvalue weighted by atomic mass is 9.92. The number of halogens is 6. The lowest BCUT2D eigenvalue weighted by molar-refractivity contribution is 0.154. The van der Waals surface area contributed by atoms with Crippen molar-refractivity contribution in [2.24, 2.45) is 0 Å². The minimum atomic E-state index is -1.34. The first-order valence-corrected chi connectivity index (χ1v) is 14.3. The number of aryl methyl sites for hydroxylation is 4. The Morgan fingerprint density at radius 3 is 1.93 bits per heavy atom. The number of rotatable bonds is 4. The van der Waals surface area contributed by atoms with E-state index >= 15 is 17.6 Å². The Morgan fingerprint density at radius 1 is 0.674 bits per heavy atom. The Labute approximate surface area is 243 Å². The molecule has 3 nitrogen and oxygen atoms in total. The average Bonchev–Trinajstić information content (AvgIpc) is 3.39. The number of hydrogen-bond acceptors (Lipinski definition) is 3. The van der Waals surface area contributed by atoms with Crippen molar-refractivity contribution >= 4 is 21.9 Å². The molecule has 4 aromatic carbocycles. The summed E-state index contributed by atoms with van der Waals surface area (Å²) < 4.78 is 107. The van der Waals surface area contributed by atoms with Gasteiger partial charge in [-0.25, -0.2) is 17.6 Å². The van der Waals surface area contributed by atoms with Crippen LogP contribution in [0.5, 0.6) is 11.5 Å². The van der Waals surface area contributed by atoms with Crippen molar-refractivity contribution in [3.05, 3.63) is 93.6 Å². The zero-order chi connectivity index (χ0) is 30.2. The molecule has 0 spiro atoms. The van der Waals surface area contributed by atoms with Crippen molar-refractivity contribution in [3.8, 4) is 22.6 Å². The van der Waals surface area contributed by atoms with Crippen LogP contribution >= 0.6 is 0 Å². The van der Waals surface area contributed by atoms with E-state index in [1.807, 2.05) is 0 Å². The van der Waals surface area contributed by atoms with E-state index in [1.165, 1.54) is 12.1 Å². The quantitative estimate of drug-likeness (QED) is 0.194. The second-order valence-corrected chi connectivity index (χ2v) is 11.5. The molecule has 9 heteroatoms. The van der Waals surface area contributed by atoms with Crippen molar-refractivity contribution in [2.45, 2.75) is 64.6 Å². The van der Waals surface area contributed by atoms with Gasteiger partial charge < -0.3 is 13.9 Å². The molecule has 0 aliphatic carbocycles. The van der Waals surface area contributed by atoms with Crippen LogP contribution in [0.1, 0.15) is 48.4 Å². The SMILES string of the molecule is Cc1ccc2c(oc3c(F)c(CCC4CCc5cc(-c6cc7c(c(F)c6F)OC(C)CC7)c(F)c(F)c5O4)ccc32)c1F. The Hall–Kier alpha value is -4.14. The van der Waals surface area contributed by atoms with Crippen LogP contribution in [-0.4, -0.2) is 12.2 Å². The molecule has 0 N–H and O–H groups in total. The molecule has 0 fully saturated rings. The van der Waals surface area contributed by atoms with Gasteiger partial charge in [-0.05, 0) is 92.8 Å². The van der Waals surface area contributed by atoms with Crippen LogP contribution in [0, 0.1) is 41.8 Å². The van der Waals surface area contributed by atoms with Gasteiger partial charge >= 0.3 is 0 Å². The number of benzene rings is 4. The summed E-state index contributed by atoms with van der Waals surface area (Å²) >= 11 is 0. The molecule has 2 unspecified atom stereocenters. The Kier molecular flexibility index (Phi) is 6.59. The van der Waals surface area contributed by atoms with Crippen LogP contribution in [0.15, 0.2) is 40.8 Å². The predicted octanol–water partition coefficient (Wildman–Crippen LogP) is 9.44. The zero-order valence-electron chi connectivity index (χ0n) is 23.4. The zero-order valence-corrected chi connectivity index (χ0v) is 23.4. The summed E-state index contributed by atoms with van der Waals surface area (Å²) in [4.78, 5) is 0. The van der Waals surface area contributed by atoms with Crippen molar-refractivity contribution < 1.29 is 40.2 Å². The van der Waals surface area contributed by atoms with E-state index in [0.717, 1.165) is 0 Å². The van der Waals surface area contributed by atoms with E-state index in [0.29, 0.717) is 65.1 Å². The number of hydrogen-bond donors (Lipinski definition) is 0.